The summed E-state index contributed by atoms with van der Waals surface area (Å²) < 4.78 is 5.34. The van der Waals surface area contributed by atoms with Crippen LogP contribution in [0, 0.1) is 12.8 Å². The van der Waals surface area contributed by atoms with Gasteiger partial charge in [0.25, 0.3) is 0 Å². The largest absolute Gasteiger partial charge is 0.426 e. The summed E-state index contributed by atoms with van der Waals surface area (Å²) in [5.74, 6) is 1.81. The van der Waals surface area contributed by atoms with Gasteiger partial charge in [0.2, 0.25) is 11.8 Å². The number of hydrogen-bond donors (Lipinski definition) is 1. The second-order valence-electron chi connectivity index (χ2n) is 5.34. The Labute approximate surface area is 108 Å². The van der Waals surface area contributed by atoms with Crippen LogP contribution >= 0.6 is 0 Å². The van der Waals surface area contributed by atoms with E-state index in [4.69, 9.17) is 4.42 Å². The van der Waals surface area contributed by atoms with Crippen LogP contribution in [0.4, 0.5) is 0 Å². The Hall–Kier alpha value is -0.940. The van der Waals surface area contributed by atoms with Gasteiger partial charge < -0.3 is 14.4 Å². The predicted octanol–water partition coefficient (Wildman–Crippen LogP) is 1.40. The van der Waals surface area contributed by atoms with Gasteiger partial charge in [-0.1, -0.05) is 6.42 Å². The second kappa shape index (κ2) is 6.29. The molecule has 18 heavy (non-hydrogen) atoms. The summed E-state index contributed by atoms with van der Waals surface area (Å²) in [7, 11) is 2.12. The summed E-state index contributed by atoms with van der Waals surface area (Å²) in [5.41, 5.74) is 0. The normalized spacial score (nSPS) is 24.0. The third-order valence-electron chi connectivity index (χ3n) is 3.66. The predicted molar refractivity (Wildman–Crippen MR) is 68.2 cm³/mol. The summed E-state index contributed by atoms with van der Waals surface area (Å²) in [4.78, 5) is 2.29. The van der Waals surface area contributed by atoms with E-state index in [1.807, 2.05) is 6.92 Å². The van der Waals surface area contributed by atoms with Crippen molar-refractivity contribution in [3.8, 4) is 0 Å². The monoisotopic (exact) mass is 253 g/mol. The topological polar surface area (TPSA) is 62.4 Å². The van der Waals surface area contributed by atoms with Crippen LogP contribution in [0.15, 0.2) is 4.42 Å². The van der Waals surface area contributed by atoms with Gasteiger partial charge in [0.15, 0.2) is 0 Å². The van der Waals surface area contributed by atoms with Gasteiger partial charge in [-0.2, -0.15) is 0 Å². The van der Waals surface area contributed by atoms with Crippen LogP contribution in [0.3, 0.4) is 0 Å². The fourth-order valence-electron chi connectivity index (χ4n) is 2.66. The molecule has 2 rings (SSSR count). The van der Waals surface area contributed by atoms with Gasteiger partial charge in [-0.05, 0) is 38.8 Å². The van der Waals surface area contributed by atoms with Gasteiger partial charge in [0.05, 0.1) is 6.10 Å². The minimum absolute atomic E-state index is 0.0916. The van der Waals surface area contributed by atoms with Gasteiger partial charge >= 0.3 is 0 Å². The fraction of sp³-hybridized carbons (Fsp3) is 0.846. The van der Waals surface area contributed by atoms with Crippen molar-refractivity contribution < 1.29 is 9.52 Å². The van der Waals surface area contributed by atoms with Crippen molar-refractivity contribution >= 4 is 0 Å². The Bertz CT molecular complexity index is 367. The van der Waals surface area contributed by atoms with Crippen LogP contribution in [0.5, 0.6) is 0 Å². The van der Waals surface area contributed by atoms with E-state index in [9.17, 15) is 5.11 Å². The van der Waals surface area contributed by atoms with Crippen LogP contribution in [-0.2, 0) is 6.42 Å². The Morgan fingerprint density at radius 3 is 2.83 bits per heavy atom. The first kappa shape index (κ1) is 13.5. The molecule has 102 valence electrons. The van der Waals surface area contributed by atoms with E-state index in [-0.39, 0.29) is 6.10 Å². The lowest BCUT2D eigenvalue weighted by Gasteiger charge is -2.22. The van der Waals surface area contributed by atoms with E-state index in [0.29, 0.717) is 11.8 Å². The van der Waals surface area contributed by atoms with E-state index < -0.39 is 0 Å². The van der Waals surface area contributed by atoms with Crippen molar-refractivity contribution in [1.82, 2.24) is 15.1 Å². The molecule has 1 N–H and O–H groups in total. The molecule has 1 aromatic heterocycles. The standard InChI is InChI=1S/C13H23N3O2/c1-10-14-15-13(18-10)7-4-8-16(2)9-11-5-3-6-12(11)17/h11-12,17H,3-9H2,1-2H3. The van der Waals surface area contributed by atoms with Crippen LogP contribution in [0.25, 0.3) is 0 Å². The van der Waals surface area contributed by atoms with E-state index >= 15 is 0 Å². The summed E-state index contributed by atoms with van der Waals surface area (Å²) in [5, 5.41) is 17.6. The fourth-order valence-corrected chi connectivity index (χ4v) is 2.66. The Balaban J connectivity index is 1.64. The quantitative estimate of drug-likeness (QED) is 0.830. The Morgan fingerprint density at radius 1 is 1.39 bits per heavy atom. The highest BCUT2D eigenvalue weighted by Crippen LogP contribution is 2.25. The van der Waals surface area contributed by atoms with Crippen molar-refractivity contribution in [1.29, 1.82) is 0 Å². The maximum Gasteiger partial charge on any atom is 0.216 e. The van der Waals surface area contributed by atoms with Crippen molar-refractivity contribution in [2.45, 2.75) is 45.1 Å². The van der Waals surface area contributed by atoms with Gasteiger partial charge in [-0.3, -0.25) is 0 Å². The Morgan fingerprint density at radius 2 is 2.22 bits per heavy atom. The number of aryl methyl sites for hydroxylation is 2. The third-order valence-corrected chi connectivity index (χ3v) is 3.66. The third kappa shape index (κ3) is 3.78. The van der Waals surface area contributed by atoms with E-state index in [1.54, 1.807) is 0 Å². The lowest BCUT2D eigenvalue weighted by Crippen LogP contribution is -2.30. The molecule has 5 nitrogen and oxygen atoms in total. The van der Waals surface area contributed by atoms with Gasteiger partial charge in [0, 0.05) is 19.9 Å². The van der Waals surface area contributed by atoms with E-state index in [1.165, 1.54) is 6.42 Å². The van der Waals surface area contributed by atoms with E-state index in [2.05, 4.69) is 22.1 Å². The molecule has 2 atom stereocenters. The van der Waals surface area contributed by atoms with Crippen LogP contribution < -0.4 is 0 Å². The molecule has 0 spiro atoms. The molecule has 0 aromatic carbocycles. The zero-order valence-corrected chi connectivity index (χ0v) is 11.3. The van der Waals surface area contributed by atoms with Gasteiger partial charge in [-0.25, -0.2) is 0 Å². The summed E-state index contributed by atoms with van der Waals surface area (Å²) in [6.45, 7) is 3.80. The minimum Gasteiger partial charge on any atom is -0.426 e. The highest BCUT2D eigenvalue weighted by atomic mass is 16.4. The molecule has 1 aromatic rings. The number of aliphatic hydroxyl groups excluding tert-OH is 1. The molecule has 2 unspecified atom stereocenters. The van der Waals surface area contributed by atoms with Gasteiger partial charge in [-0.15, -0.1) is 10.2 Å². The molecular weight excluding hydrogens is 230 g/mol. The molecule has 0 saturated heterocycles. The molecule has 1 saturated carbocycles. The molecule has 1 heterocycles. The lowest BCUT2D eigenvalue weighted by atomic mass is 10.1. The first-order chi connectivity index (χ1) is 8.65. The summed E-state index contributed by atoms with van der Waals surface area (Å²) in [6, 6.07) is 0. The van der Waals surface area contributed by atoms with Crippen molar-refractivity contribution in [3.63, 3.8) is 0 Å². The maximum absolute atomic E-state index is 9.78. The first-order valence-corrected chi connectivity index (χ1v) is 6.80. The average molecular weight is 253 g/mol. The highest BCUT2D eigenvalue weighted by Gasteiger charge is 2.25. The SMILES string of the molecule is Cc1nnc(CCCN(C)CC2CCCC2O)o1. The molecule has 5 heteroatoms. The van der Waals surface area contributed by atoms with E-state index in [0.717, 1.165) is 44.7 Å². The minimum atomic E-state index is -0.0916. The molecule has 0 bridgehead atoms. The smallest absolute Gasteiger partial charge is 0.216 e. The van der Waals surface area contributed by atoms with Crippen LogP contribution in [0.1, 0.15) is 37.5 Å². The molecule has 0 radical (unpaired) electrons. The molecule has 0 amide bonds. The second-order valence-corrected chi connectivity index (χ2v) is 5.34. The molecule has 1 aliphatic rings. The van der Waals surface area contributed by atoms with Crippen molar-refractivity contribution in [2.75, 3.05) is 20.1 Å². The van der Waals surface area contributed by atoms with Gasteiger partial charge in [0.1, 0.15) is 0 Å². The molecule has 0 aliphatic heterocycles. The van der Waals surface area contributed by atoms with Crippen molar-refractivity contribution in [2.24, 2.45) is 5.92 Å². The number of nitrogens with zero attached hydrogens (tertiary/aromatic N) is 3. The number of aromatic nitrogens is 2. The number of rotatable bonds is 6. The summed E-state index contributed by atoms with van der Waals surface area (Å²) in [6.07, 6.45) is 5.06. The Kier molecular flexibility index (Phi) is 4.72. The highest BCUT2D eigenvalue weighted by molar-refractivity contribution is 4.81. The zero-order valence-electron chi connectivity index (χ0n) is 11.3. The van der Waals surface area contributed by atoms with Crippen LogP contribution in [0.2, 0.25) is 0 Å². The van der Waals surface area contributed by atoms with Crippen LogP contribution in [-0.4, -0.2) is 46.4 Å². The first-order valence-electron chi connectivity index (χ1n) is 6.80. The van der Waals surface area contributed by atoms with Crippen molar-refractivity contribution in [3.05, 3.63) is 11.8 Å². The molecular formula is C13H23N3O2. The maximum atomic E-state index is 9.78. The molecule has 1 aliphatic carbocycles. The average Bonchev–Trinajstić information content (AvgIpc) is 2.89. The number of aliphatic hydroxyl groups is 1. The lowest BCUT2D eigenvalue weighted by molar-refractivity contribution is 0.109. The molecule has 1 fully saturated rings. The zero-order chi connectivity index (χ0) is 13.0. The number of hydrogen-bond acceptors (Lipinski definition) is 5. The summed E-state index contributed by atoms with van der Waals surface area (Å²) >= 11 is 0.